The van der Waals surface area contributed by atoms with Gasteiger partial charge in [-0.25, -0.2) is 0 Å². The number of hydrogen-bond donors (Lipinski definition) is 0. The molecule has 0 radical (unpaired) electrons. The second-order valence-electron chi connectivity index (χ2n) is 4.84. The molecule has 1 fully saturated rings. The van der Waals surface area contributed by atoms with Crippen molar-refractivity contribution in [2.75, 3.05) is 13.7 Å². The molecule has 1 aromatic carbocycles. The number of thiocarbonyl (C=S) groups is 1. The van der Waals surface area contributed by atoms with E-state index in [1.165, 1.54) is 25.8 Å². The van der Waals surface area contributed by atoms with E-state index in [0.717, 1.165) is 12.0 Å². The van der Waals surface area contributed by atoms with Gasteiger partial charge in [-0.2, -0.15) is 0 Å². The Morgan fingerprint density at radius 1 is 1.39 bits per heavy atom. The number of esters is 1. The zero-order chi connectivity index (χ0) is 17.0. The van der Waals surface area contributed by atoms with Crippen molar-refractivity contribution in [1.82, 2.24) is 4.90 Å². The maximum Gasteiger partial charge on any atom is 0.308 e. The number of amides is 1. The minimum atomic E-state index is -0.420. The second-order valence-corrected chi connectivity index (χ2v) is 6.51. The number of carbonyl (C=O) groups is 2. The Kier molecular flexibility index (Phi) is 5.79. The Labute approximate surface area is 144 Å². The number of ether oxygens (including phenoxy) is 2. The summed E-state index contributed by atoms with van der Waals surface area (Å²) < 4.78 is 10.9. The Balaban J connectivity index is 2.27. The van der Waals surface area contributed by atoms with E-state index >= 15 is 0 Å². The van der Waals surface area contributed by atoms with E-state index in [1.54, 1.807) is 29.2 Å². The monoisotopic (exact) mass is 351 g/mol. The van der Waals surface area contributed by atoms with E-state index in [2.05, 4.69) is 0 Å². The van der Waals surface area contributed by atoms with Crippen LogP contribution in [-0.2, 0) is 9.59 Å². The van der Waals surface area contributed by atoms with Crippen molar-refractivity contribution in [3.05, 3.63) is 28.7 Å². The third-order valence-corrected chi connectivity index (χ3v) is 4.44. The van der Waals surface area contributed by atoms with Crippen molar-refractivity contribution in [2.24, 2.45) is 0 Å². The second kappa shape index (κ2) is 7.61. The summed E-state index contributed by atoms with van der Waals surface area (Å²) in [7, 11) is 1.49. The molecule has 0 unspecified atom stereocenters. The first-order valence-corrected chi connectivity index (χ1v) is 8.30. The van der Waals surface area contributed by atoms with Gasteiger partial charge in [-0.3, -0.25) is 14.5 Å². The van der Waals surface area contributed by atoms with Crippen LogP contribution in [0.25, 0.3) is 6.08 Å². The van der Waals surface area contributed by atoms with Gasteiger partial charge in [-0.1, -0.05) is 37.0 Å². The molecular weight excluding hydrogens is 334 g/mol. The third kappa shape index (κ3) is 4.11. The number of methoxy groups -OCH3 is 1. The van der Waals surface area contributed by atoms with E-state index < -0.39 is 5.97 Å². The van der Waals surface area contributed by atoms with Crippen molar-refractivity contribution >= 4 is 46.3 Å². The number of hydrogen-bond acceptors (Lipinski definition) is 6. The van der Waals surface area contributed by atoms with Crippen LogP contribution >= 0.6 is 24.0 Å². The van der Waals surface area contributed by atoms with E-state index in [1.807, 2.05) is 6.92 Å². The summed E-state index contributed by atoms with van der Waals surface area (Å²) in [5.74, 6) is 0.273. The minimum Gasteiger partial charge on any atom is -0.493 e. The van der Waals surface area contributed by atoms with Crippen molar-refractivity contribution in [1.29, 1.82) is 0 Å². The molecule has 1 saturated heterocycles. The van der Waals surface area contributed by atoms with E-state index in [0.29, 0.717) is 27.3 Å². The number of nitrogens with zero attached hydrogens (tertiary/aromatic N) is 1. The van der Waals surface area contributed by atoms with Crippen molar-refractivity contribution in [3.63, 3.8) is 0 Å². The van der Waals surface area contributed by atoms with Crippen LogP contribution in [0.5, 0.6) is 11.5 Å². The zero-order valence-electron chi connectivity index (χ0n) is 13.1. The molecule has 2 rings (SSSR count). The van der Waals surface area contributed by atoms with Crippen LogP contribution in [-0.4, -0.2) is 34.8 Å². The number of thioether (sulfide) groups is 1. The van der Waals surface area contributed by atoms with Gasteiger partial charge < -0.3 is 9.47 Å². The molecule has 0 N–H and O–H groups in total. The molecule has 1 aromatic rings. The Morgan fingerprint density at radius 3 is 2.74 bits per heavy atom. The lowest BCUT2D eigenvalue weighted by Crippen LogP contribution is -2.28. The van der Waals surface area contributed by atoms with E-state index in [4.69, 9.17) is 21.7 Å². The van der Waals surface area contributed by atoms with Crippen LogP contribution in [0.2, 0.25) is 0 Å². The van der Waals surface area contributed by atoms with Crippen LogP contribution in [0, 0.1) is 0 Å². The van der Waals surface area contributed by atoms with Gasteiger partial charge in [0, 0.05) is 13.5 Å². The maximum atomic E-state index is 12.3. The number of benzene rings is 1. The molecule has 0 spiro atoms. The number of rotatable bonds is 5. The molecule has 23 heavy (non-hydrogen) atoms. The minimum absolute atomic E-state index is 0.0788. The molecule has 7 heteroatoms. The normalized spacial score (nSPS) is 16.1. The van der Waals surface area contributed by atoms with E-state index in [9.17, 15) is 9.59 Å². The average Bonchev–Trinajstić information content (AvgIpc) is 2.76. The van der Waals surface area contributed by atoms with Crippen molar-refractivity contribution in [2.45, 2.75) is 20.3 Å². The van der Waals surface area contributed by atoms with Gasteiger partial charge in [0.25, 0.3) is 5.91 Å². The molecule has 5 nitrogen and oxygen atoms in total. The van der Waals surface area contributed by atoms with Crippen LogP contribution < -0.4 is 9.47 Å². The third-order valence-electron chi connectivity index (χ3n) is 3.06. The zero-order valence-corrected chi connectivity index (χ0v) is 14.8. The highest BCUT2D eigenvalue weighted by atomic mass is 32.2. The first-order valence-electron chi connectivity index (χ1n) is 7.08. The summed E-state index contributed by atoms with van der Waals surface area (Å²) in [4.78, 5) is 25.6. The molecule has 1 heterocycles. The van der Waals surface area contributed by atoms with Gasteiger partial charge in [-0.05, 0) is 30.2 Å². The summed E-state index contributed by atoms with van der Waals surface area (Å²) in [6, 6.07) is 5.11. The molecule has 0 aliphatic carbocycles. The molecular formula is C16H17NO4S2. The van der Waals surface area contributed by atoms with Gasteiger partial charge >= 0.3 is 5.97 Å². The molecule has 0 aromatic heterocycles. The van der Waals surface area contributed by atoms with E-state index in [-0.39, 0.29) is 5.91 Å². The highest BCUT2D eigenvalue weighted by Gasteiger charge is 2.31. The molecule has 1 aliphatic heterocycles. The molecule has 122 valence electrons. The largest absolute Gasteiger partial charge is 0.493 e. The lowest BCUT2D eigenvalue weighted by Gasteiger charge is -2.12. The summed E-state index contributed by atoms with van der Waals surface area (Å²) in [6.07, 6.45) is 2.61. The topological polar surface area (TPSA) is 55.8 Å². The van der Waals surface area contributed by atoms with Crippen molar-refractivity contribution in [3.8, 4) is 11.5 Å². The van der Waals surface area contributed by atoms with Crippen LogP contribution in [0.15, 0.2) is 23.1 Å². The SMILES string of the molecule is CCCN1C(=O)/C(=C\c2ccc(OC(C)=O)c(OC)c2)SC1=S. The first kappa shape index (κ1) is 17.5. The Hall–Kier alpha value is -1.86. The standard InChI is InChI=1S/C16H17NO4S2/c1-4-7-17-15(19)14(23-16(17)22)9-11-5-6-12(21-10(2)18)13(8-11)20-3/h5-6,8-9H,4,7H2,1-3H3/b14-9+. The predicted molar refractivity (Wildman–Crippen MR) is 94.5 cm³/mol. The lowest BCUT2D eigenvalue weighted by atomic mass is 10.2. The summed E-state index contributed by atoms with van der Waals surface area (Å²) in [5.41, 5.74) is 0.773. The molecule has 0 bridgehead atoms. The van der Waals surface area contributed by atoms with Gasteiger partial charge in [0.05, 0.1) is 12.0 Å². The molecule has 0 atom stereocenters. The molecule has 0 saturated carbocycles. The summed E-state index contributed by atoms with van der Waals surface area (Å²) in [5, 5.41) is 0. The van der Waals surface area contributed by atoms with Crippen LogP contribution in [0.4, 0.5) is 0 Å². The number of carbonyl (C=O) groups excluding carboxylic acids is 2. The Bertz CT molecular complexity index is 685. The van der Waals surface area contributed by atoms with Gasteiger partial charge in [0.2, 0.25) is 0 Å². The first-order chi connectivity index (χ1) is 11.0. The molecule has 1 aliphatic rings. The van der Waals surface area contributed by atoms with Gasteiger partial charge in [0.1, 0.15) is 4.32 Å². The average molecular weight is 351 g/mol. The molecule has 1 amide bonds. The smallest absolute Gasteiger partial charge is 0.308 e. The summed E-state index contributed by atoms with van der Waals surface area (Å²) >= 11 is 6.53. The lowest BCUT2D eigenvalue weighted by molar-refractivity contribution is -0.132. The van der Waals surface area contributed by atoms with Crippen LogP contribution in [0.1, 0.15) is 25.8 Å². The van der Waals surface area contributed by atoms with Crippen molar-refractivity contribution < 1.29 is 19.1 Å². The predicted octanol–water partition coefficient (Wildman–Crippen LogP) is 3.23. The maximum absolute atomic E-state index is 12.3. The fourth-order valence-corrected chi connectivity index (χ4v) is 3.39. The van der Waals surface area contributed by atoms with Gasteiger partial charge in [-0.15, -0.1) is 0 Å². The highest BCUT2D eigenvalue weighted by Crippen LogP contribution is 2.34. The fourth-order valence-electron chi connectivity index (χ4n) is 2.08. The fraction of sp³-hybridized carbons (Fsp3) is 0.312. The highest BCUT2D eigenvalue weighted by molar-refractivity contribution is 8.26. The van der Waals surface area contributed by atoms with Gasteiger partial charge in [0.15, 0.2) is 11.5 Å². The van der Waals surface area contributed by atoms with Crippen LogP contribution in [0.3, 0.4) is 0 Å². The quantitative estimate of drug-likeness (QED) is 0.351. The Morgan fingerprint density at radius 2 is 2.13 bits per heavy atom. The summed E-state index contributed by atoms with van der Waals surface area (Å²) in [6.45, 7) is 3.95.